The molecule has 1 aliphatic carbocycles. The topological polar surface area (TPSA) is 44.5 Å². The van der Waals surface area contributed by atoms with Gasteiger partial charge in [-0.2, -0.15) is 5.26 Å². The summed E-state index contributed by atoms with van der Waals surface area (Å²) < 4.78 is 2.89. The molecule has 98 valence electrons. The van der Waals surface area contributed by atoms with Crippen molar-refractivity contribution < 1.29 is 0 Å². The van der Waals surface area contributed by atoms with E-state index in [2.05, 4.69) is 29.5 Å². The van der Waals surface area contributed by atoms with Crippen molar-refractivity contribution in [2.75, 3.05) is 0 Å². The summed E-state index contributed by atoms with van der Waals surface area (Å²) in [7, 11) is 0. The Morgan fingerprint density at radius 2 is 2.21 bits per heavy atom. The van der Waals surface area contributed by atoms with Crippen molar-refractivity contribution in [2.45, 2.75) is 33.2 Å². The molecule has 3 nitrogen and oxygen atoms in total. The Balaban J connectivity index is 2.13. The van der Waals surface area contributed by atoms with Crippen LogP contribution < -0.4 is 0 Å². The molecule has 4 heteroatoms. The highest BCUT2D eigenvalue weighted by molar-refractivity contribution is 7.71. The zero-order chi connectivity index (χ0) is 13.6. The lowest BCUT2D eigenvalue weighted by molar-refractivity contribution is 0.311. The average Bonchev–Trinajstić information content (AvgIpc) is 3.11. The van der Waals surface area contributed by atoms with Crippen LogP contribution in [0.1, 0.15) is 32.3 Å². The Morgan fingerprint density at radius 3 is 2.79 bits per heavy atom. The third kappa shape index (κ3) is 1.89. The Hall–Kier alpha value is -1.60. The fraction of sp³-hybridized carbons (Fsp3) is 0.467. The van der Waals surface area contributed by atoms with Gasteiger partial charge in [-0.25, -0.2) is 0 Å². The Bertz CT molecular complexity index is 726. The predicted molar refractivity (Wildman–Crippen MR) is 78.3 cm³/mol. The molecule has 1 heterocycles. The van der Waals surface area contributed by atoms with Gasteiger partial charge in [0.05, 0.1) is 16.6 Å². The van der Waals surface area contributed by atoms with Gasteiger partial charge in [-0.15, -0.1) is 0 Å². The van der Waals surface area contributed by atoms with Crippen LogP contribution in [0.25, 0.3) is 11.0 Å². The first kappa shape index (κ1) is 12.4. The first-order valence-corrected chi connectivity index (χ1v) is 7.10. The number of imidazole rings is 1. The van der Waals surface area contributed by atoms with Crippen LogP contribution in [-0.2, 0) is 6.54 Å². The maximum absolute atomic E-state index is 9.16. The lowest BCUT2D eigenvalue weighted by atomic mass is 9.92. The molecule has 0 bridgehead atoms. The molecular weight excluding hydrogens is 254 g/mol. The van der Waals surface area contributed by atoms with Crippen LogP contribution in [0.4, 0.5) is 0 Å². The zero-order valence-electron chi connectivity index (χ0n) is 11.2. The Labute approximate surface area is 117 Å². The lowest BCUT2D eigenvalue weighted by Crippen LogP contribution is -2.17. The number of nitrogens with one attached hydrogen (secondary N) is 1. The summed E-state index contributed by atoms with van der Waals surface area (Å²) in [5.74, 6) is 0.665. The van der Waals surface area contributed by atoms with Crippen LogP contribution in [0.2, 0.25) is 0 Å². The van der Waals surface area contributed by atoms with E-state index < -0.39 is 0 Å². The number of fused-ring (bicyclic) bond motifs is 1. The normalized spacial score (nSPS) is 16.7. The highest BCUT2D eigenvalue weighted by Gasteiger charge is 2.45. The third-order valence-corrected chi connectivity index (χ3v) is 4.84. The van der Waals surface area contributed by atoms with Gasteiger partial charge in [-0.05, 0) is 48.5 Å². The van der Waals surface area contributed by atoms with E-state index in [4.69, 9.17) is 17.5 Å². The van der Waals surface area contributed by atoms with Crippen molar-refractivity contribution in [3.05, 3.63) is 28.5 Å². The second-order valence-electron chi connectivity index (χ2n) is 5.84. The smallest absolute Gasteiger partial charge is 0.178 e. The number of nitriles is 1. The van der Waals surface area contributed by atoms with Gasteiger partial charge in [0.1, 0.15) is 6.07 Å². The van der Waals surface area contributed by atoms with E-state index in [0.717, 1.165) is 22.3 Å². The summed E-state index contributed by atoms with van der Waals surface area (Å²) in [6.45, 7) is 5.52. The third-order valence-electron chi connectivity index (χ3n) is 4.52. The molecule has 0 amide bonds. The van der Waals surface area contributed by atoms with E-state index in [1.165, 1.54) is 12.8 Å². The van der Waals surface area contributed by atoms with Crippen molar-refractivity contribution in [2.24, 2.45) is 11.3 Å². The molecule has 0 saturated heterocycles. The molecule has 0 aliphatic heterocycles. The number of rotatable bonds is 3. The number of hydrogen-bond acceptors (Lipinski definition) is 2. The average molecular weight is 271 g/mol. The highest BCUT2D eigenvalue weighted by Crippen LogP contribution is 2.53. The molecule has 3 rings (SSSR count). The summed E-state index contributed by atoms with van der Waals surface area (Å²) >= 11 is 5.44. The minimum Gasteiger partial charge on any atom is -0.329 e. The molecular formula is C15H17N3S. The van der Waals surface area contributed by atoms with Crippen LogP contribution in [0.5, 0.6) is 0 Å². The fourth-order valence-electron chi connectivity index (χ4n) is 2.82. The minimum atomic E-state index is 0.399. The zero-order valence-corrected chi connectivity index (χ0v) is 12.0. The molecule has 1 aliphatic rings. The van der Waals surface area contributed by atoms with Gasteiger partial charge in [0, 0.05) is 6.54 Å². The van der Waals surface area contributed by atoms with Gasteiger partial charge < -0.3 is 9.55 Å². The summed E-state index contributed by atoms with van der Waals surface area (Å²) in [5, 5.41) is 9.16. The van der Waals surface area contributed by atoms with Crippen LogP contribution in [-0.4, -0.2) is 9.55 Å². The summed E-state index contributed by atoms with van der Waals surface area (Å²) in [5.41, 5.74) is 2.98. The van der Waals surface area contributed by atoms with Crippen LogP contribution in [0.15, 0.2) is 18.2 Å². The second kappa shape index (κ2) is 4.21. The summed E-state index contributed by atoms with van der Waals surface area (Å²) in [6, 6.07) is 8.01. The molecule has 0 radical (unpaired) electrons. The lowest BCUT2D eigenvalue weighted by Gasteiger charge is -2.20. The van der Waals surface area contributed by atoms with E-state index in [1.807, 2.05) is 18.2 Å². The van der Waals surface area contributed by atoms with E-state index in [-0.39, 0.29) is 0 Å². The first-order chi connectivity index (χ1) is 9.07. The van der Waals surface area contributed by atoms with Crippen molar-refractivity contribution in [3.8, 4) is 6.07 Å². The van der Waals surface area contributed by atoms with Gasteiger partial charge in [0.25, 0.3) is 0 Å². The van der Waals surface area contributed by atoms with Gasteiger partial charge in [0.15, 0.2) is 4.77 Å². The molecule has 1 fully saturated rings. The predicted octanol–water partition coefficient (Wildman–Crippen LogP) is 4.01. The molecule has 0 spiro atoms. The molecule has 1 aromatic heterocycles. The SMILES string of the molecule is CC(C)C1(Cn2c(=S)[nH]c3c(C#N)cccc32)CC1. The molecule has 0 unspecified atom stereocenters. The largest absolute Gasteiger partial charge is 0.329 e. The van der Waals surface area contributed by atoms with Gasteiger partial charge in [-0.1, -0.05) is 19.9 Å². The van der Waals surface area contributed by atoms with Crippen LogP contribution >= 0.6 is 12.2 Å². The van der Waals surface area contributed by atoms with Gasteiger partial charge in [0.2, 0.25) is 0 Å². The van der Waals surface area contributed by atoms with Crippen molar-refractivity contribution >= 4 is 23.3 Å². The number of nitrogens with zero attached hydrogens (tertiary/aromatic N) is 2. The van der Waals surface area contributed by atoms with Crippen molar-refractivity contribution in [1.82, 2.24) is 9.55 Å². The number of aromatic amines is 1. The van der Waals surface area contributed by atoms with Crippen molar-refractivity contribution in [3.63, 3.8) is 0 Å². The standard InChI is InChI=1S/C15H17N3S/c1-10(2)15(6-7-15)9-18-12-5-3-4-11(8-16)13(12)17-14(18)19/h3-5,10H,6-7,9H2,1-2H3,(H,17,19). The minimum absolute atomic E-state index is 0.399. The van der Waals surface area contributed by atoms with Crippen molar-refractivity contribution in [1.29, 1.82) is 5.26 Å². The van der Waals surface area contributed by atoms with E-state index in [9.17, 15) is 0 Å². The maximum atomic E-state index is 9.16. The molecule has 1 N–H and O–H groups in total. The number of aromatic nitrogens is 2. The number of para-hydroxylation sites is 1. The van der Waals surface area contributed by atoms with E-state index >= 15 is 0 Å². The van der Waals surface area contributed by atoms with E-state index in [1.54, 1.807) is 0 Å². The molecule has 1 aromatic carbocycles. The van der Waals surface area contributed by atoms with Crippen LogP contribution in [0, 0.1) is 27.4 Å². The molecule has 0 atom stereocenters. The highest BCUT2D eigenvalue weighted by atomic mass is 32.1. The fourth-order valence-corrected chi connectivity index (χ4v) is 3.09. The Kier molecular flexibility index (Phi) is 2.75. The number of H-pyrrole nitrogens is 1. The number of hydrogen-bond donors (Lipinski definition) is 1. The summed E-state index contributed by atoms with van der Waals surface area (Å²) in [4.78, 5) is 3.19. The van der Waals surface area contributed by atoms with Gasteiger partial charge in [-0.3, -0.25) is 0 Å². The maximum Gasteiger partial charge on any atom is 0.178 e. The quantitative estimate of drug-likeness (QED) is 0.857. The number of benzene rings is 1. The molecule has 2 aromatic rings. The molecule has 19 heavy (non-hydrogen) atoms. The monoisotopic (exact) mass is 271 g/mol. The Morgan fingerprint density at radius 1 is 1.47 bits per heavy atom. The first-order valence-electron chi connectivity index (χ1n) is 6.69. The molecule has 1 saturated carbocycles. The van der Waals surface area contributed by atoms with E-state index in [0.29, 0.717) is 16.9 Å². The second-order valence-corrected chi connectivity index (χ2v) is 6.23. The van der Waals surface area contributed by atoms with Gasteiger partial charge >= 0.3 is 0 Å². The van der Waals surface area contributed by atoms with Crippen LogP contribution in [0.3, 0.4) is 0 Å². The summed E-state index contributed by atoms with van der Waals surface area (Å²) in [6.07, 6.45) is 2.55.